The lowest BCUT2D eigenvalue weighted by Crippen LogP contribution is -2.15. The molecule has 0 aliphatic heterocycles. The van der Waals surface area contributed by atoms with Gasteiger partial charge < -0.3 is 5.32 Å². The molecule has 2 heterocycles. The number of hydrogen-bond acceptors (Lipinski definition) is 3. The normalized spacial score (nSPS) is 10.8. The molecule has 0 spiro atoms. The van der Waals surface area contributed by atoms with Gasteiger partial charge in [0.15, 0.2) is 0 Å². The molecule has 0 fully saturated rings. The molecule has 8 heteroatoms. The van der Waals surface area contributed by atoms with Crippen molar-refractivity contribution in [2.45, 2.75) is 13.1 Å². The van der Waals surface area contributed by atoms with Crippen LogP contribution in [-0.2, 0) is 13.1 Å². The lowest BCUT2D eigenvalue weighted by molar-refractivity contribution is 0.102. The highest BCUT2D eigenvalue weighted by atomic mass is 79.9. The zero-order valence-electron chi connectivity index (χ0n) is 15.3. The van der Waals surface area contributed by atoms with Gasteiger partial charge in [-0.3, -0.25) is 9.48 Å². The number of anilines is 1. The zero-order chi connectivity index (χ0) is 20.2. The Balaban J connectivity index is 1.45. The second kappa shape index (κ2) is 8.63. The van der Waals surface area contributed by atoms with E-state index >= 15 is 0 Å². The van der Waals surface area contributed by atoms with Crippen molar-refractivity contribution < 1.29 is 4.79 Å². The molecule has 0 aliphatic carbocycles. The van der Waals surface area contributed by atoms with Gasteiger partial charge in [-0.2, -0.15) is 10.2 Å². The van der Waals surface area contributed by atoms with E-state index in [2.05, 4.69) is 31.4 Å². The van der Waals surface area contributed by atoms with Gasteiger partial charge in [0, 0.05) is 21.8 Å². The molecule has 6 nitrogen and oxygen atoms in total. The van der Waals surface area contributed by atoms with E-state index in [4.69, 9.17) is 11.6 Å². The summed E-state index contributed by atoms with van der Waals surface area (Å²) in [5.41, 5.74) is 2.48. The predicted octanol–water partition coefficient (Wildman–Crippen LogP) is 4.84. The summed E-state index contributed by atoms with van der Waals surface area (Å²) < 4.78 is 4.43. The van der Waals surface area contributed by atoms with Crippen LogP contribution in [0.15, 0.2) is 77.7 Å². The summed E-state index contributed by atoms with van der Waals surface area (Å²) in [5, 5.41) is 12.2. The number of aromatic nitrogens is 4. The highest BCUT2D eigenvalue weighted by Crippen LogP contribution is 2.17. The van der Waals surface area contributed by atoms with E-state index in [1.165, 1.54) is 0 Å². The predicted molar refractivity (Wildman–Crippen MR) is 116 cm³/mol. The SMILES string of the molecule is O=C(Nc1ccnn1Cc1cccc(Br)c1)c1cnn(Cc2ccccc2Cl)c1. The minimum Gasteiger partial charge on any atom is -0.307 e. The number of carbonyl (C=O) groups is 1. The van der Waals surface area contributed by atoms with E-state index in [-0.39, 0.29) is 5.91 Å². The van der Waals surface area contributed by atoms with Crippen molar-refractivity contribution in [3.63, 3.8) is 0 Å². The average Bonchev–Trinajstić information content (AvgIpc) is 3.34. The third-order valence-electron chi connectivity index (χ3n) is 4.37. The third kappa shape index (κ3) is 4.75. The Morgan fingerprint density at radius 1 is 1.07 bits per heavy atom. The summed E-state index contributed by atoms with van der Waals surface area (Å²) in [6, 6.07) is 17.3. The first-order valence-corrected chi connectivity index (χ1v) is 10.1. The molecule has 0 unspecified atom stereocenters. The van der Waals surface area contributed by atoms with Gasteiger partial charge in [0.1, 0.15) is 5.82 Å². The van der Waals surface area contributed by atoms with Crippen molar-refractivity contribution in [3.8, 4) is 0 Å². The Hall–Kier alpha value is -2.90. The number of rotatable bonds is 6. The Morgan fingerprint density at radius 3 is 2.76 bits per heavy atom. The summed E-state index contributed by atoms with van der Waals surface area (Å²) in [5.74, 6) is 0.375. The summed E-state index contributed by atoms with van der Waals surface area (Å²) in [6.45, 7) is 1.04. The maximum atomic E-state index is 12.7. The summed E-state index contributed by atoms with van der Waals surface area (Å²) in [6.07, 6.45) is 4.91. The lowest BCUT2D eigenvalue weighted by Gasteiger charge is -2.09. The van der Waals surface area contributed by atoms with Gasteiger partial charge in [0.2, 0.25) is 0 Å². The molecular weight excluding hydrogens is 454 g/mol. The fourth-order valence-corrected chi connectivity index (χ4v) is 3.57. The van der Waals surface area contributed by atoms with Crippen molar-refractivity contribution in [3.05, 3.63) is 99.4 Å². The Kier molecular flexibility index (Phi) is 5.78. The number of nitrogens with zero attached hydrogens (tertiary/aromatic N) is 4. The van der Waals surface area contributed by atoms with Crippen LogP contribution < -0.4 is 5.32 Å². The smallest absolute Gasteiger partial charge is 0.259 e. The molecule has 1 N–H and O–H groups in total. The molecule has 1 amide bonds. The molecule has 0 saturated carbocycles. The lowest BCUT2D eigenvalue weighted by atomic mass is 10.2. The maximum Gasteiger partial charge on any atom is 0.259 e. The molecule has 2 aromatic carbocycles. The molecule has 146 valence electrons. The number of carbonyl (C=O) groups excluding carboxylic acids is 1. The van der Waals surface area contributed by atoms with Gasteiger partial charge >= 0.3 is 0 Å². The average molecular weight is 471 g/mol. The van der Waals surface area contributed by atoms with Gasteiger partial charge in [-0.15, -0.1) is 0 Å². The Bertz CT molecular complexity index is 1150. The molecule has 0 atom stereocenters. The first-order chi connectivity index (χ1) is 14.1. The number of amides is 1. The first-order valence-electron chi connectivity index (χ1n) is 8.92. The summed E-state index contributed by atoms with van der Waals surface area (Å²) in [7, 11) is 0. The molecule has 0 radical (unpaired) electrons. The summed E-state index contributed by atoms with van der Waals surface area (Å²) >= 11 is 9.67. The van der Waals surface area contributed by atoms with Gasteiger partial charge in [0.25, 0.3) is 5.91 Å². The third-order valence-corrected chi connectivity index (χ3v) is 5.23. The van der Waals surface area contributed by atoms with Crippen LogP contribution in [0.2, 0.25) is 5.02 Å². The molecular formula is C21H17BrClN5O. The topological polar surface area (TPSA) is 64.7 Å². The van der Waals surface area contributed by atoms with Crippen LogP contribution in [0.3, 0.4) is 0 Å². The fourth-order valence-electron chi connectivity index (χ4n) is 2.93. The molecule has 4 rings (SSSR count). The Morgan fingerprint density at radius 2 is 1.93 bits per heavy atom. The maximum absolute atomic E-state index is 12.7. The van der Waals surface area contributed by atoms with E-state index in [9.17, 15) is 4.79 Å². The molecule has 2 aromatic heterocycles. The van der Waals surface area contributed by atoms with E-state index in [1.807, 2.05) is 48.5 Å². The molecule has 29 heavy (non-hydrogen) atoms. The molecule has 0 saturated heterocycles. The minimum atomic E-state index is -0.244. The Labute approximate surface area is 181 Å². The van der Waals surface area contributed by atoms with Crippen LogP contribution in [0.25, 0.3) is 0 Å². The van der Waals surface area contributed by atoms with Crippen molar-refractivity contribution in [1.29, 1.82) is 0 Å². The highest BCUT2D eigenvalue weighted by molar-refractivity contribution is 9.10. The van der Waals surface area contributed by atoms with Crippen molar-refractivity contribution >= 4 is 39.3 Å². The largest absolute Gasteiger partial charge is 0.307 e. The van der Waals surface area contributed by atoms with Gasteiger partial charge in [0.05, 0.1) is 31.0 Å². The molecule has 0 aliphatic rings. The monoisotopic (exact) mass is 469 g/mol. The van der Waals surface area contributed by atoms with Crippen molar-refractivity contribution in [2.24, 2.45) is 0 Å². The van der Waals surface area contributed by atoms with Crippen LogP contribution in [0.4, 0.5) is 5.82 Å². The van der Waals surface area contributed by atoms with E-state index in [1.54, 1.807) is 34.0 Å². The first kappa shape index (κ1) is 19.4. The fraction of sp³-hybridized carbons (Fsp3) is 0.0952. The number of benzene rings is 2. The molecule has 4 aromatic rings. The highest BCUT2D eigenvalue weighted by Gasteiger charge is 2.13. The number of halogens is 2. The number of hydrogen-bond donors (Lipinski definition) is 1. The summed E-state index contributed by atoms with van der Waals surface area (Å²) in [4.78, 5) is 12.7. The standard InChI is InChI=1S/C21H17BrClN5O/c22-18-6-3-4-15(10-18)12-28-20(8-9-24-28)26-21(29)17-11-25-27(14-17)13-16-5-1-2-7-19(16)23/h1-11,14H,12-13H2,(H,26,29). The second-order valence-electron chi connectivity index (χ2n) is 6.48. The van der Waals surface area contributed by atoms with Gasteiger partial charge in [-0.25, -0.2) is 4.68 Å². The number of nitrogens with one attached hydrogen (secondary N) is 1. The van der Waals surface area contributed by atoms with Gasteiger partial charge in [-0.1, -0.05) is 57.9 Å². The van der Waals surface area contributed by atoms with Crippen LogP contribution in [-0.4, -0.2) is 25.5 Å². The van der Waals surface area contributed by atoms with E-state index in [0.717, 1.165) is 15.6 Å². The van der Waals surface area contributed by atoms with E-state index < -0.39 is 0 Å². The van der Waals surface area contributed by atoms with Crippen LogP contribution >= 0.6 is 27.5 Å². The van der Waals surface area contributed by atoms with E-state index in [0.29, 0.717) is 29.5 Å². The van der Waals surface area contributed by atoms with Crippen molar-refractivity contribution in [2.75, 3.05) is 5.32 Å². The second-order valence-corrected chi connectivity index (χ2v) is 7.80. The molecule has 0 bridgehead atoms. The van der Waals surface area contributed by atoms with Crippen LogP contribution in [0, 0.1) is 0 Å². The van der Waals surface area contributed by atoms with Gasteiger partial charge in [-0.05, 0) is 29.3 Å². The van der Waals surface area contributed by atoms with Crippen LogP contribution in [0.1, 0.15) is 21.5 Å². The zero-order valence-corrected chi connectivity index (χ0v) is 17.6. The van der Waals surface area contributed by atoms with Crippen molar-refractivity contribution in [1.82, 2.24) is 19.6 Å². The quantitative estimate of drug-likeness (QED) is 0.438. The van der Waals surface area contributed by atoms with Crippen LogP contribution in [0.5, 0.6) is 0 Å². The minimum absolute atomic E-state index is 0.244.